The van der Waals surface area contributed by atoms with Crippen molar-refractivity contribution in [3.63, 3.8) is 0 Å². The molecule has 1 atom stereocenters. The molecule has 0 bridgehead atoms. The second-order valence-corrected chi connectivity index (χ2v) is 10.1. The predicted octanol–water partition coefficient (Wildman–Crippen LogP) is 3.88. The van der Waals surface area contributed by atoms with Crippen LogP contribution in [0.5, 0.6) is 0 Å². The molecule has 1 aromatic carbocycles. The van der Waals surface area contributed by atoms with Crippen LogP contribution in [0.4, 0.5) is 5.82 Å². The molecule has 2 aliphatic rings. The minimum Gasteiger partial charge on any atom is -0.381 e. The van der Waals surface area contributed by atoms with Gasteiger partial charge in [0.25, 0.3) is 0 Å². The molecular formula is C27H38N4O2. The molecule has 3 heterocycles. The van der Waals surface area contributed by atoms with Gasteiger partial charge in [0, 0.05) is 56.9 Å². The molecule has 1 aromatic heterocycles. The Morgan fingerprint density at radius 2 is 1.88 bits per heavy atom. The van der Waals surface area contributed by atoms with E-state index in [9.17, 15) is 4.79 Å². The molecule has 178 valence electrons. The maximum absolute atomic E-state index is 12.9. The number of hydrogen-bond acceptors (Lipinski definition) is 5. The molecule has 2 aliphatic heterocycles. The number of nitrogens with zero attached hydrogens (tertiary/aromatic N) is 4. The summed E-state index contributed by atoms with van der Waals surface area (Å²) in [4.78, 5) is 27.2. The molecule has 6 nitrogen and oxygen atoms in total. The van der Waals surface area contributed by atoms with Crippen LogP contribution >= 0.6 is 0 Å². The average molecular weight is 451 g/mol. The second kappa shape index (κ2) is 10.2. The molecule has 0 aliphatic carbocycles. The highest BCUT2D eigenvalue weighted by Crippen LogP contribution is 2.28. The standard InChI is InChI=1S/C27H38N4O2/c1-18(2)14-25-28-21(5)24(16-23-15-19(3)6-7-20(23)4)26(29-25)30-9-11-31(12-10-30)27(32)22-8-13-33-17-22/h6-7,15,18,22H,8-14,16-17H2,1-5H3/t22-/m1/s1. The van der Waals surface area contributed by atoms with Crippen LogP contribution in [0.3, 0.4) is 0 Å². The maximum atomic E-state index is 12.9. The van der Waals surface area contributed by atoms with Crippen LogP contribution in [0.2, 0.25) is 0 Å². The molecule has 6 heteroatoms. The van der Waals surface area contributed by atoms with Crippen molar-refractivity contribution in [2.24, 2.45) is 11.8 Å². The van der Waals surface area contributed by atoms with E-state index in [1.165, 1.54) is 22.3 Å². The smallest absolute Gasteiger partial charge is 0.228 e. The lowest BCUT2D eigenvalue weighted by Crippen LogP contribution is -2.51. The van der Waals surface area contributed by atoms with Crippen molar-refractivity contribution >= 4 is 11.7 Å². The average Bonchev–Trinajstić information content (AvgIpc) is 3.32. The SMILES string of the molecule is Cc1ccc(C)c(Cc2c(C)nc(CC(C)C)nc2N2CCN(C(=O)[C@@H]3CCOC3)CC2)c1. The number of anilines is 1. The first kappa shape index (κ1) is 23.7. The van der Waals surface area contributed by atoms with E-state index in [0.29, 0.717) is 19.1 Å². The molecule has 2 saturated heterocycles. The fraction of sp³-hybridized carbons (Fsp3) is 0.593. The van der Waals surface area contributed by atoms with E-state index in [1.807, 2.05) is 4.90 Å². The van der Waals surface area contributed by atoms with E-state index in [2.05, 4.69) is 57.7 Å². The van der Waals surface area contributed by atoms with E-state index in [4.69, 9.17) is 14.7 Å². The lowest BCUT2D eigenvalue weighted by Gasteiger charge is -2.37. The molecule has 0 spiro atoms. The van der Waals surface area contributed by atoms with Crippen molar-refractivity contribution in [2.75, 3.05) is 44.3 Å². The summed E-state index contributed by atoms with van der Waals surface area (Å²) < 4.78 is 5.43. The third-order valence-electron chi connectivity index (χ3n) is 6.87. The molecule has 0 N–H and O–H groups in total. The summed E-state index contributed by atoms with van der Waals surface area (Å²) in [6, 6.07) is 6.64. The molecule has 1 amide bonds. The van der Waals surface area contributed by atoms with Crippen LogP contribution in [0.15, 0.2) is 18.2 Å². The van der Waals surface area contributed by atoms with Crippen molar-refractivity contribution < 1.29 is 9.53 Å². The van der Waals surface area contributed by atoms with Gasteiger partial charge in [0.2, 0.25) is 5.91 Å². The van der Waals surface area contributed by atoms with E-state index in [1.54, 1.807) is 0 Å². The van der Waals surface area contributed by atoms with E-state index >= 15 is 0 Å². The molecular weight excluding hydrogens is 412 g/mol. The lowest BCUT2D eigenvalue weighted by molar-refractivity contribution is -0.135. The van der Waals surface area contributed by atoms with Crippen LogP contribution in [-0.2, 0) is 22.4 Å². The first-order valence-electron chi connectivity index (χ1n) is 12.4. The number of ether oxygens (including phenoxy) is 1. The van der Waals surface area contributed by atoms with Crippen molar-refractivity contribution in [3.05, 3.63) is 52.0 Å². The number of benzene rings is 1. The van der Waals surface area contributed by atoms with Gasteiger partial charge in [-0.05, 0) is 44.2 Å². The van der Waals surface area contributed by atoms with Gasteiger partial charge in [-0.25, -0.2) is 9.97 Å². The van der Waals surface area contributed by atoms with Crippen LogP contribution in [0.1, 0.15) is 54.0 Å². The summed E-state index contributed by atoms with van der Waals surface area (Å²) in [5.74, 6) is 2.77. The molecule has 0 unspecified atom stereocenters. The highest BCUT2D eigenvalue weighted by Gasteiger charge is 2.31. The van der Waals surface area contributed by atoms with Crippen LogP contribution in [-0.4, -0.2) is 60.2 Å². The van der Waals surface area contributed by atoms with Crippen LogP contribution in [0, 0.1) is 32.6 Å². The zero-order chi connectivity index (χ0) is 23.5. The fourth-order valence-corrected chi connectivity index (χ4v) is 4.87. The fourth-order valence-electron chi connectivity index (χ4n) is 4.87. The van der Waals surface area contributed by atoms with Gasteiger partial charge in [-0.2, -0.15) is 0 Å². The van der Waals surface area contributed by atoms with Crippen LogP contribution in [0.25, 0.3) is 0 Å². The Balaban J connectivity index is 1.59. The Bertz CT molecular complexity index is 990. The third kappa shape index (κ3) is 5.55. The number of amides is 1. The van der Waals surface area contributed by atoms with E-state index in [0.717, 1.165) is 62.8 Å². The second-order valence-electron chi connectivity index (χ2n) is 10.1. The Labute approximate surface area is 198 Å². The van der Waals surface area contributed by atoms with Gasteiger partial charge in [-0.15, -0.1) is 0 Å². The number of rotatable bonds is 6. The zero-order valence-electron chi connectivity index (χ0n) is 20.9. The monoisotopic (exact) mass is 450 g/mol. The molecule has 0 radical (unpaired) electrons. The van der Waals surface area contributed by atoms with Crippen molar-refractivity contribution in [1.82, 2.24) is 14.9 Å². The summed E-state index contributed by atoms with van der Waals surface area (Å²) in [6.07, 6.45) is 2.55. The van der Waals surface area contributed by atoms with Gasteiger partial charge in [0.15, 0.2) is 0 Å². The zero-order valence-corrected chi connectivity index (χ0v) is 20.9. The van der Waals surface area contributed by atoms with Gasteiger partial charge in [-0.1, -0.05) is 37.6 Å². The van der Waals surface area contributed by atoms with Crippen LogP contribution < -0.4 is 4.90 Å². The summed E-state index contributed by atoms with van der Waals surface area (Å²) in [7, 11) is 0. The largest absolute Gasteiger partial charge is 0.381 e. The number of carbonyl (C=O) groups is 1. The van der Waals surface area contributed by atoms with Crippen molar-refractivity contribution in [2.45, 2.75) is 53.9 Å². The quantitative estimate of drug-likeness (QED) is 0.669. The normalized spacial score (nSPS) is 18.9. The van der Waals surface area contributed by atoms with Gasteiger partial charge in [0.05, 0.1) is 12.5 Å². The summed E-state index contributed by atoms with van der Waals surface area (Å²) >= 11 is 0. The molecule has 33 heavy (non-hydrogen) atoms. The minimum atomic E-state index is 0.0374. The third-order valence-corrected chi connectivity index (χ3v) is 6.87. The lowest BCUT2D eigenvalue weighted by atomic mass is 9.97. The summed E-state index contributed by atoms with van der Waals surface area (Å²) in [5, 5.41) is 0. The Morgan fingerprint density at radius 3 is 2.55 bits per heavy atom. The first-order valence-corrected chi connectivity index (χ1v) is 12.4. The van der Waals surface area contributed by atoms with Gasteiger partial charge in [-0.3, -0.25) is 4.79 Å². The Kier molecular flexibility index (Phi) is 7.32. The number of aromatic nitrogens is 2. The number of piperazine rings is 1. The first-order chi connectivity index (χ1) is 15.8. The summed E-state index contributed by atoms with van der Waals surface area (Å²) in [5.41, 5.74) is 6.18. The van der Waals surface area contributed by atoms with Crippen molar-refractivity contribution in [1.29, 1.82) is 0 Å². The Morgan fingerprint density at radius 1 is 1.12 bits per heavy atom. The Hall–Kier alpha value is -2.47. The number of hydrogen-bond donors (Lipinski definition) is 0. The predicted molar refractivity (Wildman–Crippen MR) is 132 cm³/mol. The topological polar surface area (TPSA) is 58.6 Å². The van der Waals surface area contributed by atoms with Gasteiger partial charge in [0.1, 0.15) is 11.6 Å². The maximum Gasteiger partial charge on any atom is 0.228 e. The summed E-state index contributed by atoms with van der Waals surface area (Å²) in [6.45, 7) is 15.2. The van der Waals surface area contributed by atoms with E-state index in [-0.39, 0.29) is 11.8 Å². The van der Waals surface area contributed by atoms with Gasteiger partial charge < -0.3 is 14.5 Å². The molecule has 2 fully saturated rings. The molecule has 2 aromatic rings. The molecule has 0 saturated carbocycles. The minimum absolute atomic E-state index is 0.0374. The highest BCUT2D eigenvalue weighted by atomic mass is 16.5. The number of carbonyl (C=O) groups excluding carboxylic acids is 1. The highest BCUT2D eigenvalue weighted by molar-refractivity contribution is 5.79. The molecule has 4 rings (SSSR count). The van der Waals surface area contributed by atoms with Gasteiger partial charge >= 0.3 is 0 Å². The van der Waals surface area contributed by atoms with Crippen molar-refractivity contribution in [3.8, 4) is 0 Å². The van der Waals surface area contributed by atoms with E-state index < -0.39 is 0 Å². The number of aryl methyl sites for hydroxylation is 3.